The molecule has 2 aromatic heterocycles. The van der Waals surface area contributed by atoms with Crippen molar-refractivity contribution in [2.45, 2.75) is 19.0 Å². The van der Waals surface area contributed by atoms with Gasteiger partial charge >= 0.3 is 6.03 Å². The van der Waals surface area contributed by atoms with Gasteiger partial charge in [0.1, 0.15) is 0 Å². The molecular weight excluding hydrogens is 312 g/mol. The van der Waals surface area contributed by atoms with E-state index >= 15 is 0 Å². The number of amides is 2. The Morgan fingerprint density at radius 2 is 1.88 bits per heavy atom. The molecule has 0 aliphatic heterocycles. The smallest absolute Gasteiger partial charge is 0.315 e. The number of hydrogen-bond donors (Lipinski definition) is 2. The Balaban J connectivity index is 1.66. The third kappa shape index (κ3) is 4.70. The van der Waals surface area contributed by atoms with Gasteiger partial charge in [0, 0.05) is 37.3 Å². The molecule has 3 rings (SSSR count). The molecule has 1 aromatic carbocycles. The maximum Gasteiger partial charge on any atom is 0.315 e. The molecule has 3 aromatic rings. The SMILES string of the molecule is Cn1cccc1CNC(=O)N[C@H](Cc1ccccn1)c1ccccc1. The molecule has 0 aliphatic rings. The fraction of sp³-hybridized carbons (Fsp3) is 0.200. The highest BCUT2D eigenvalue weighted by molar-refractivity contribution is 5.74. The Kier molecular flexibility index (Phi) is 5.46. The van der Waals surface area contributed by atoms with Gasteiger partial charge in [-0.05, 0) is 29.8 Å². The summed E-state index contributed by atoms with van der Waals surface area (Å²) in [5.74, 6) is 0. The van der Waals surface area contributed by atoms with Gasteiger partial charge in [-0.2, -0.15) is 0 Å². The number of benzene rings is 1. The van der Waals surface area contributed by atoms with Crippen molar-refractivity contribution >= 4 is 6.03 Å². The lowest BCUT2D eigenvalue weighted by Gasteiger charge is -2.19. The van der Waals surface area contributed by atoms with Crippen LogP contribution in [-0.2, 0) is 20.0 Å². The van der Waals surface area contributed by atoms with Crippen molar-refractivity contribution in [1.29, 1.82) is 0 Å². The molecule has 5 nitrogen and oxygen atoms in total. The van der Waals surface area contributed by atoms with Gasteiger partial charge in [0.05, 0.1) is 12.6 Å². The summed E-state index contributed by atoms with van der Waals surface area (Å²) in [5.41, 5.74) is 3.05. The zero-order valence-corrected chi connectivity index (χ0v) is 14.2. The van der Waals surface area contributed by atoms with Gasteiger partial charge in [0.2, 0.25) is 0 Å². The molecule has 0 saturated heterocycles. The summed E-state index contributed by atoms with van der Waals surface area (Å²) in [6.45, 7) is 0.487. The molecule has 0 spiro atoms. The first-order valence-electron chi connectivity index (χ1n) is 8.32. The second kappa shape index (κ2) is 8.15. The first-order valence-corrected chi connectivity index (χ1v) is 8.32. The predicted molar refractivity (Wildman–Crippen MR) is 97.9 cm³/mol. The minimum atomic E-state index is -0.189. The van der Waals surface area contributed by atoms with Gasteiger partial charge in [-0.15, -0.1) is 0 Å². The van der Waals surface area contributed by atoms with Gasteiger partial charge < -0.3 is 15.2 Å². The van der Waals surface area contributed by atoms with Crippen LogP contribution in [0.5, 0.6) is 0 Å². The normalized spacial score (nSPS) is 11.7. The molecule has 0 saturated carbocycles. The van der Waals surface area contributed by atoms with Crippen LogP contribution in [0.4, 0.5) is 4.79 Å². The van der Waals surface area contributed by atoms with Crippen LogP contribution in [0.15, 0.2) is 73.1 Å². The molecule has 0 aliphatic carbocycles. The first kappa shape index (κ1) is 16.8. The Morgan fingerprint density at radius 1 is 1.08 bits per heavy atom. The molecule has 0 fully saturated rings. The summed E-state index contributed by atoms with van der Waals surface area (Å²) in [6.07, 6.45) is 4.37. The van der Waals surface area contributed by atoms with Crippen molar-refractivity contribution in [2.24, 2.45) is 7.05 Å². The number of aromatic nitrogens is 2. The van der Waals surface area contributed by atoms with E-state index in [1.54, 1.807) is 6.20 Å². The van der Waals surface area contributed by atoms with Crippen molar-refractivity contribution < 1.29 is 4.79 Å². The summed E-state index contributed by atoms with van der Waals surface area (Å²) < 4.78 is 1.99. The highest BCUT2D eigenvalue weighted by Gasteiger charge is 2.15. The average molecular weight is 334 g/mol. The lowest BCUT2D eigenvalue weighted by Crippen LogP contribution is -2.38. The van der Waals surface area contributed by atoms with Crippen molar-refractivity contribution in [2.75, 3.05) is 0 Å². The number of aryl methyl sites for hydroxylation is 1. The highest BCUT2D eigenvalue weighted by Crippen LogP contribution is 2.17. The van der Waals surface area contributed by atoms with E-state index in [2.05, 4.69) is 15.6 Å². The Labute approximate surface area is 147 Å². The van der Waals surface area contributed by atoms with Crippen molar-refractivity contribution in [3.8, 4) is 0 Å². The second-order valence-electron chi connectivity index (χ2n) is 5.93. The lowest BCUT2D eigenvalue weighted by atomic mass is 10.0. The van der Waals surface area contributed by atoms with E-state index in [1.807, 2.05) is 78.5 Å². The minimum absolute atomic E-state index is 0.135. The van der Waals surface area contributed by atoms with Crippen LogP contribution in [0.25, 0.3) is 0 Å². The van der Waals surface area contributed by atoms with E-state index in [0.29, 0.717) is 13.0 Å². The van der Waals surface area contributed by atoms with Crippen molar-refractivity contribution in [1.82, 2.24) is 20.2 Å². The third-order valence-corrected chi connectivity index (χ3v) is 4.13. The number of pyridine rings is 1. The highest BCUT2D eigenvalue weighted by atomic mass is 16.2. The average Bonchev–Trinajstić information content (AvgIpc) is 3.06. The Bertz CT molecular complexity index is 799. The van der Waals surface area contributed by atoms with Gasteiger partial charge in [-0.25, -0.2) is 4.79 Å². The summed E-state index contributed by atoms with van der Waals surface area (Å²) in [6, 6.07) is 19.4. The molecule has 0 radical (unpaired) electrons. The van der Waals surface area contributed by atoms with E-state index in [-0.39, 0.29) is 12.1 Å². The van der Waals surface area contributed by atoms with Gasteiger partial charge in [-0.3, -0.25) is 4.98 Å². The van der Waals surface area contributed by atoms with Crippen LogP contribution in [0.1, 0.15) is 23.0 Å². The monoisotopic (exact) mass is 334 g/mol. The maximum atomic E-state index is 12.4. The van der Waals surface area contributed by atoms with E-state index in [9.17, 15) is 4.79 Å². The van der Waals surface area contributed by atoms with Crippen LogP contribution in [0.2, 0.25) is 0 Å². The van der Waals surface area contributed by atoms with Crippen LogP contribution < -0.4 is 10.6 Å². The molecule has 2 amide bonds. The number of rotatable bonds is 6. The second-order valence-corrected chi connectivity index (χ2v) is 5.93. The van der Waals surface area contributed by atoms with Crippen LogP contribution in [-0.4, -0.2) is 15.6 Å². The summed E-state index contributed by atoms with van der Waals surface area (Å²) in [7, 11) is 1.96. The molecule has 2 heterocycles. The summed E-state index contributed by atoms with van der Waals surface area (Å²) in [4.78, 5) is 16.7. The van der Waals surface area contributed by atoms with Gasteiger partial charge in [0.25, 0.3) is 0 Å². The standard InChI is InChI=1S/C20H22N4O/c1-24-13-7-11-18(24)15-22-20(25)23-19(16-8-3-2-4-9-16)14-17-10-5-6-12-21-17/h2-13,19H,14-15H2,1H3,(H2,22,23,25)/t19-/m1/s1. The zero-order valence-electron chi connectivity index (χ0n) is 14.2. The summed E-state index contributed by atoms with van der Waals surface area (Å²) >= 11 is 0. The minimum Gasteiger partial charge on any atom is -0.353 e. The number of carbonyl (C=O) groups excluding carboxylic acids is 1. The molecule has 25 heavy (non-hydrogen) atoms. The fourth-order valence-corrected chi connectivity index (χ4v) is 2.73. The lowest BCUT2D eigenvalue weighted by molar-refractivity contribution is 0.236. The molecule has 5 heteroatoms. The summed E-state index contributed by atoms with van der Waals surface area (Å²) in [5, 5.41) is 5.99. The van der Waals surface area contributed by atoms with E-state index < -0.39 is 0 Å². The molecule has 0 unspecified atom stereocenters. The van der Waals surface area contributed by atoms with Crippen molar-refractivity contribution in [3.05, 3.63) is 90.0 Å². The van der Waals surface area contributed by atoms with E-state index in [0.717, 1.165) is 17.0 Å². The molecule has 1 atom stereocenters. The quantitative estimate of drug-likeness (QED) is 0.727. The van der Waals surface area contributed by atoms with E-state index in [4.69, 9.17) is 0 Å². The molecular formula is C20H22N4O. The number of hydrogen-bond acceptors (Lipinski definition) is 2. The largest absolute Gasteiger partial charge is 0.353 e. The number of urea groups is 1. The van der Waals surface area contributed by atoms with E-state index in [1.165, 1.54) is 0 Å². The van der Waals surface area contributed by atoms with Crippen molar-refractivity contribution in [3.63, 3.8) is 0 Å². The van der Waals surface area contributed by atoms with Gasteiger partial charge in [0.15, 0.2) is 0 Å². The third-order valence-electron chi connectivity index (χ3n) is 4.13. The van der Waals surface area contributed by atoms with Gasteiger partial charge in [-0.1, -0.05) is 36.4 Å². The van der Waals surface area contributed by atoms with Crippen LogP contribution in [0.3, 0.4) is 0 Å². The Hall–Kier alpha value is -3.08. The Morgan fingerprint density at radius 3 is 2.56 bits per heavy atom. The topological polar surface area (TPSA) is 59.0 Å². The van der Waals surface area contributed by atoms with Crippen LogP contribution in [0, 0.1) is 0 Å². The predicted octanol–water partition coefficient (Wildman–Crippen LogP) is 3.20. The first-order chi connectivity index (χ1) is 12.2. The van der Waals surface area contributed by atoms with Crippen LogP contribution >= 0.6 is 0 Å². The molecule has 0 bridgehead atoms. The number of carbonyl (C=O) groups is 1. The number of nitrogens with zero attached hydrogens (tertiary/aromatic N) is 2. The zero-order chi connectivity index (χ0) is 17.5. The molecule has 128 valence electrons. The number of nitrogens with one attached hydrogen (secondary N) is 2. The molecule has 2 N–H and O–H groups in total. The maximum absolute atomic E-state index is 12.4. The fourth-order valence-electron chi connectivity index (χ4n) is 2.73.